The van der Waals surface area contributed by atoms with Crippen molar-refractivity contribution in [2.45, 2.75) is 0 Å². The normalized spacial score (nSPS) is 14.2. The van der Waals surface area contributed by atoms with Crippen molar-refractivity contribution in [3.63, 3.8) is 0 Å². The lowest BCUT2D eigenvalue weighted by Crippen LogP contribution is -2.49. The smallest absolute Gasteiger partial charge is 0.272 e. The van der Waals surface area contributed by atoms with E-state index in [2.05, 4.69) is 0 Å². The molecule has 1 fully saturated rings. The van der Waals surface area contributed by atoms with Crippen molar-refractivity contribution in [1.82, 2.24) is 4.90 Å². The molecule has 0 saturated carbocycles. The van der Waals surface area contributed by atoms with Crippen LogP contribution in [-0.4, -0.2) is 49.0 Å². The number of carbonyl (C=O) groups excluding carboxylic acids is 1. The number of non-ortho nitro benzene ring substituents is 1. The van der Waals surface area contributed by atoms with E-state index in [0.717, 1.165) is 6.07 Å². The Morgan fingerprint density at radius 1 is 1.15 bits per heavy atom. The van der Waals surface area contributed by atoms with Gasteiger partial charge in [0.25, 0.3) is 11.6 Å². The van der Waals surface area contributed by atoms with Gasteiger partial charge in [0, 0.05) is 37.8 Å². The molecule has 0 unspecified atom stereocenters. The van der Waals surface area contributed by atoms with Gasteiger partial charge in [-0.05, 0) is 24.3 Å². The second kappa shape index (κ2) is 7.38. The van der Waals surface area contributed by atoms with Crippen LogP contribution < -0.4 is 9.64 Å². The number of piperazine rings is 1. The molecule has 2 aromatic rings. The largest absolute Gasteiger partial charge is 0.497 e. The Labute approximate surface area is 149 Å². The van der Waals surface area contributed by atoms with Crippen molar-refractivity contribution in [3.05, 3.63) is 64.0 Å². The maximum atomic E-state index is 14.2. The highest BCUT2D eigenvalue weighted by Gasteiger charge is 2.24. The molecule has 1 aliphatic heterocycles. The lowest BCUT2D eigenvalue weighted by Gasteiger charge is -2.36. The van der Waals surface area contributed by atoms with E-state index in [-0.39, 0.29) is 11.6 Å². The van der Waals surface area contributed by atoms with Crippen molar-refractivity contribution in [2.24, 2.45) is 0 Å². The van der Waals surface area contributed by atoms with Gasteiger partial charge < -0.3 is 14.5 Å². The van der Waals surface area contributed by atoms with Crippen LogP contribution in [0.25, 0.3) is 0 Å². The topological polar surface area (TPSA) is 75.9 Å². The van der Waals surface area contributed by atoms with Crippen molar-refractivity contribution < 1.29 is 18.8 Å². The molecule has 8 heteroatoms. The van der Waals surface area contributed by atoms with Gasteiger partial charge in [-0.25, -0.2) is 4.39 Å². The van der Waals surface area contributed by atoms with Crippen molar-refractivity contribution >= 4 is 17.3 Å². The van der Waals surface area contributed by atoms with E-state index in [1.54, 1.807) is 41.2 Å². The van der Waals surface area contributed by atoms with Crippen LogP contribution in [0.2, 0.25) is 0 Å². The lowest BCUT2D eigenvalue weighted by molar-refractivity contribution is -0.385. The first-order chi connectivity index (χ1) is 12.5. The number of hydrogen-bond acceptors (Lipinski definition) is 5. The molecule has 0 atom stereocenters. The zero-order valence-corrected chi connectivity index (χ0v) is 14.2. The molecule has 1 heterocycles. The van der Waals surface area contributed by atoms with Gasteiger partial charge >= 0.3 is 0 Å². The van der Waals surface area contributed by atoms with Crippen LogP contribution in [0.15, 0.2) is 42.5 Å². The standard InChI is InChI=1S/C18H18FN3O4/c1-26-15-4-2-3-13(11-15)18(23)21-9-7-20(8-10-21)17-6-5-14(22(24)25)12-16(17)19/h2-6,11-12H,7-10H2,1H3. The van der Waals surface area contributed by atoms with Gasteiger partial charge in [0.15, 0.2) is 5.82 Å². The highest BCUT2D eigenvalue weighted by atomic mass is 19.1. The minimum absolute atomic E-state index is 0.104. The first-order valence-electron chi connectivity index (χ1n) is 8.12. The number of ether oxygens (including phenoxy) is 1. The van der Waals surface area contributed by atoms with Gasteiger partial charge in [0.1, 0.15) is 5.75 Å². The monoisotopic (exact) mass is 359 g/mol. The Morgan fingerprint density at radius 2 is 1.88 bits per heavy atom. The second-order valence-corrected chi connectivity index (χ2v) is 5.90. The summed E-state index contributed by atoms with van der Waals surface area (Å²) in [6.07, 6.45) is 0. The molecule has 0 bridgehead atoms. The number of anilines is 1. The molecule has 26 heavy (non-hydrogen) atoms. The number of methoxy groups -OCH3 is 1. The predicted octanol–water partition coefficient (Wildman–Crippen LogP) is 2.70. The molecule has 0 radical (unpaired) electrons. The van der Waals surface area contributed by atoms with Crippen LogP contribution in [0.5, 0.6) is 5.75 Å². The van der Waals surface area contributed by atoms with Crippen molar-refractivity contribution in [2.75, 3.05) is 38.2 Å². The number of benzene rings is 2. The van der Waals surface area contributed by atoms with Crippen molar-refractivity contribution in [1.29, 1.82) is 0 Å². The average Bonchev–Trinajstić information content (AvgIpc) is 2.67. The Kier molecular flexibility index (Phi) is 5.01. The molecule has 0 aliphatic carbocycles. The summed E-state index contributed by atoms with van der Waals surface area (Å²) in [5.41, 5.74) is 0.571. The summed E-state index contributed by atoms with van der Waals surface area (Å²) in [7, 11) is 1.54. The van der Waals surface area contributed by atoms with Crippen LogP contribution in [0.4, 0.5) is 15.8 Å². The fourth-order valence-electron chi connectivity index (χ4n) is 2.95. The molecular formula is C18H18FN3O4. The fraction of sp³-hybridized carbons (Fsp3) is 0.278. The van der Waals surface area contributed by atoms with Crippen LogP contribution in [-0.2, 0) is 0 Å². The number of amides is 1. The Balaban J connectivity index is 1.67. The van der Waals surface area contributed by atoms with Crippen LogP contribution in [0.1, 0.15) is 10.4 Å². The molecule has 3 rings (SSSR count). The Morgan fingerprint density at radius 3 is 2.50 bits per heavy atom. The summed E-state index contributed by atoms with van der Waals surface area (Å²) in [6.45, 7) is 1.77. The molecule has 0 aromatic heterocycles. The van der Waals surface area contributed by atoms with E-state index in [4.69, 9.17) is 4.74 Å². The van der Waals surface area contributed by atoms with Crippen LogP contribution >= 0.6 is 0 Å². The lowest BCUT2D eigenvalue weighted by atomic mass is 10.1. The van der Waals surface area contributed by atoms with Crippen LogP contribution in [0, 0.1) is 15.9 Å². The minimum atomic E-state index is -0.633. The fourth-order valence-corrected chi connectivity index (χ4v) is 2.95. The Bertz CT molecular complexity index is 835. The van der Waals surface area contributed by atoms with E-state index in [1.165, 1.54) is 12.1 Å². The van der Waals surface area contributed by atoms with E-state index in [0.29, 0.717) is 43.2 Å². The zero-order valence-electron chi connectivity index (χ0n) is 14.2. The maximum Gasteiger partial charge on any atom is 0.272 e. The minimum Gasteiger partial charge on any atom is -0.497 e. The summed E-state index contributed by atoms with van der Waals surface area (Å²) in [4.78, 5) is 26.2. The molecule has 1 saturated heterocycles. The average molecular weight is 359 g/mol. The number of nitro benzene ring substituents is 1. The molecule has 136 valence electrons. The van der Waals surface area contributed by atoms with Gasteiger partial charge in [-0.1, -0.05) is 6.07 Å². The first-order valence-corrected chi connectivity index (χ1v) is 8.12. The SMILES string of the molecule is COc1cccc(C(=O)N2CCN(c3ccc([N+](=O)[O-])cc3F)CC2)c1. The number of carbonyl (C=O) groups is 1. The highest BCUT2D eigenvalue weighted by Crippen LogP contribution is 2.25. The number of halogens is 1. The third kappa shape index (κ3) is 3.58. The number of rotatable bonds is 4. The van der Waals surface area contributed by atoms with Crippen molar-refractivity contribution in [3.8, 4) is 5.75 Å². The Hall–Kier alpha value is -3.16. The molecule has 1 amide bonds. The molecule has 0 N–H and O–H groups in total. The summed E-state index contributed by atoms with van der Waals surface area (Å²) < 4.78 is 19.3. The van der Waals surface area contributed by atoms with Gasteiger partial charge in [0.2, 0.25) is 0 Å². The van der Waals surface area contributed by atoms with Gasteiger partial charge in [-0.2, -0.15) is 0 Å². The van der Waals surface area contributed by atoms with E-state index < -0.39 is 10.7 Å². The summed E-state index contributed by atoms with van der Waals surface area (Å²) in [5.74, 6) is -0.123. The summed E-state index contributed by atoms with van der Waals surface area (Å²) >= 11 is 0. The zero-order chi connectivity index (χ0) is 18.7. The first kappa shape index (κ1) is 17.7. The number of hydrogen-bond donors (Lipinski definition) is 0. The second-order valence-electron chi connectivity index (χ2n) is 5.90. The number of nitrogens with zero attached hydrogens (tertiary/aromatic N) is 3. The highest BCUT2D eigenvalue weighted by molar-refractivity contribution is 5.94. The molecule has 1 aliphatic rings. The predicted molar refractivity (Wildman–Crippen MR) is 94.2 cm³/mol. The molecule has 2 aromatic carbocycles. The quantitative estimate of drug-likeness (QED) is 0.620. The summed E-state index contributed by atoms with van der Waals surface area (Å²) in [6, 6.07) is 10.6. The van der Waals surface area contributed by atoms with Crippen LogP contribution in [0.3, 0.4) is 0 Å². The maximum absolute atomic E-state index is 14.2. The molecule has 7 nitrogen and oxygen atoms in total. The van der Waals surface area contributed by atoms with E-state index in [9.17, 15) is 19.3 Å². The van der Waals surface area contributed by atoms with E-state index in [1.807, 2.05) is 0 Å². The van der Waals surface area contributed by atoms with E-state index >= 15 is 0 Å². The van der Waals surface area contributed by atoms with Gasteiger partial charge in [0.05, 0.1) is 23.8 Å². The number of nitro groups is 1. The van der Waals surface area contributed by atoms with Gasteiger partial charge in [-0.3, -0.25) is 14.9 Å². The third-order valence-corrected chi connectivity index (χ3v) is 4.37. The molecule has 0 spiro atoms. The van der Waals surface area contributed by atoms with Gasteiger partial charge in [-0.15, -0.1) is 0 Å². The third-order valence-electron chi connectivity index (χ3n) is 4.37. The molecular weight excluding hydrogens is 341 g/mol. The summed E-state index contributed by atoms with van der Waals surface area (Å²) in [5, 5.41) is 10.7.